The van der Waals surface area contributed by atoms with E-state index < -0.39 is 11.9 Å². The highest BCUT2D eigenvalue weighted by Gasteiger charge is 2.12. The number of rotatable bonds is 8. The molecule has 2 aromatic heterocycles. The minimum atomic E-state index is -0.933. The number of aryl methyl sites for hydroxylation is 2. The van der Waals surface area contributed by atoms with Crippen molar-refractivity contribution in [2.24, 2.45) is 0 Å². The summed E-state index contributed by atoms with van der Waals surface area (Å²) in [5.41, 5.74) is 1.60. The van der Waals surface area contributed by atoms with Crippen LogP contribution >= 0.6 is 0 Å². The van der Waals surface area contributed by atoms with E-state index in [9.17, 15) is 14.4 Å². The van der Waals surface area contributed by atoms with Gasteiger partial charge < -0.3 is 15.7 Å². The summed E-state index contributed by atoms with van der Waals surface area (Å²) in [6, 6.07) is 9.79. The molecule has 0 aliphatic carbocycles. The van der Waals surface area contributed by atoms with Gasteiger partial charge in [0.25, 0.3) is 11.8 Å². The number of hydrogen-bond acceptors (Lipinski definition) is 5. The van der Waals surface area contributed by atoms with Crippen molar-refractivity contribution in [2.45, 2.75) is 26.4 Å². The lowest BCUT2D eigenvalue weighted by Crippen LogP contribution is -2.15. The summed E-state index contributed by atoms with van der Waals surface area (Å²) in [7, 11) is 0. The molecule has 0 spiro atoms. The van der Waals surface area contributed by atoms with Gasteiger partial charge in [0.05, 0.1) is 13.0 Å². The van der Waals surface area contributed by atoms with Crippen LogP contribution in [0.3, 0.4) is 0 Å². The molecular formula is C19H20N6O4. The van der Waals surface area contributed by atoms with Crippen molar-refractivity contribution < 1.29 is 19.5 Å². The lowest BCUT2D eigenvalue weighted by Gasteiger charge is -2.06. The molecule has 0 fully saturated rings. The maximum absolute atomic E-state index is 12.3. The second-order valence-electron chi connectivity index (χ2n) is 6.15. The molecule has 10 nitrogen and oxygen atoms in total. The molecule has 2 amide bonds. The molecule has 150 valence electrons. The zero-order valence-corrected chi connectivity index (χ0v) is 15.7. The molecule has 0 radical (unpaired) electrons. The fourth-order valence-electron chi connectivity index (χ4n) is 2.50. The number of carboxylic acid groups (broad SMARTS) is 1. The van der Waals surface area contributed by atoms with E-state index in [-0.39, 0.29) is 24.6 Å². The number of carbonyl (C=O) groups excluding carboxylic acids is 2. The zero-order chi connectivity index (χ0) is 20.8. The van der Waals surface area contributed by atoms with Gasteiger partial charge in [-0.05, 0) is 43.3 Å². The van der Waals surface area contributed by atoms with E-state index in [0.717, 1.165) is 0 Å². The Morgan fingerprint density at radius 3 is 1.79 bits per heavy atom. The Hall–Kier alpha value is -3.95. The van der Waals surface area contributed by atoms with Gasteiger partial charge >= 0.3 is 5.97 Å². The van der Waals surface area contributed by atoms with Gasteiger partial charge in [-0.1, -0.05) is 0 Å². The molecule has 0 aliphatic rings. The van der Waals surface area contributed by atoms with Crippen LogP contribution in [0.4, 0.5) is 11.4 Å². The number of benzene rings is 1. The SMILES string of the molecule is CCn1ccc(C(=O)Nc2ccc(NC(=O)c3ccn(CCC(=O)O)n3)cc2)n1. The van der Waals surface area contributed by atoms with Crippen molar-refractivity contribution in [3.63, 3.8) is 0 Å². The second-order valence-corrected chi connectivity index (χ2v) is 6.15. The predicted octanol–water partition coefficient (Wildman–Crippen LogP) is 2.08. The lowest BCUT2D eigenvalue weighted by molar-refractivity contribution is -0.137. The topological polar surface area (TPSA) is 131 Å². The molecule has 0 saturated carbocycles. The van der Waals surface area contributed by atoms with Gasteiger partial charge in [-0.3, -0.25) is 23.7 Å². The minimum absolute atomic E-state index is 0.0748. The Bertz CT molecular complexity index is 1020. The first kappa shape index (κ1) is 19.8. The maximum Gasteiger partial charge on any atom is 0.305 e. The number of aliphatic carboxylic acids is 1. The van der Waals surface area contributed by atoms with Crippen LogP contribution in [-0.2, 0) is 17.9 Å². The molecule has 29 heavy (non-hydrogen) atoms. The molecule has 0 saturated heterocycles. The van der Waals surface area contributed by atoms with Crippen molar-refractivity contribution in [3.8, 4) is 0 Å². The molecule has 3 aromatic rings. The van der Waals surface area contributed by atoms with Crippen molar-refractivity contribution >= 4 is 29.2 Å². The largest absolute Gasteiger partial charge is 0.481 e. The smallest absolute Gasteiger partial charge is 0.305 e. The summed E-state index contributed by atoms with van der Waals surface area (Å²) in [6.45, 7) is 2.80. The third-order valence-electron chi connectivity index (χ3n) is 4.03. The van der Waals surface area contributed by atoms with Crippen molar-refractivity contribution in [1.82, 2.24) is 19.6 Å². The molecule has 10 heteroatoms. The summed E-state index contributed by atoms with van der Waals surface area (Å²) in [4.78, 5) is 35.0. The number of amides is 2. The van der Waals surface area contributed by atoms with E-state index >= 15 is 0 Å². The second kappa shape index (κ2) is 8.83. The molecule has 2 heterocycles. The number of nitrogens with zero attached hydrogens (tertiary/aromatic N) is 4. The van der Waals surface area contributed by atoms with E-state index in [1.54, 1.807) is 47.4 Å². The van der Waals surface area contributed by atoms with Gasteiger partial charge in [0.2, 0.25) is 0 Å². The molecule has 3 rings (SSSR count). The third kappa shape index (κ3) is 5.28. The summed E-state index contributed by atoms with van der Waals surface area (Å²) in [6.07, 6.45) is 3.21. The fourth-order valence-corrected chi connectivity index (χ4v) is 2.50. The van der Waals surface area contributed by atoms with Crippen LogP contribution < -0.4 is 10.6 Å². The summed E-state index contributed by atoms with van der Waals surface area (Å²) >= 11 is 0. The number of carboxylic acids is 1. The first-order valence-electron chi connectivity index (χ1n) is 8.96. The monoisotopic (exact) mass is 396 g/mol. The van der Waals surface area contributed by atoms with Crippen LogP contribution in [0.1, 0.15) is 34.3 Å². The van der Waals surface area contributed by atoms with Gasteiger partial charge in [-0.25, -0.2) is 0 Å². The number of carbonyl (C=O) groups is 3. The van der Waals surface area contributed by atoms with Crippen LogP contribution in [0.5, 0.6) is 0 Å². The highest BCUT2D eigenvalue weighted by molar-refractivity contribution is 6.04. The first-order valence-corrected chi connectivity index (χ1v) is 8.96. The Morgan fingerprint density at radius 2 is 1.34 bits per heavy atom. The molecule has 0 bridgehead atoms. The standard InChI is InChI=1S/C19H20N6O4/c1-2-24-10-7-15(22-24)18(28)20-13-3-5-14(6-4-13)21-19(29)16-8-11-25(23-16)12-9-17(26)27/h3-8,10-11H,2,9,12H2,1H3,(H,20,28)(H,21,29)(H,26,27). The van der Waals surface area contributed by atoms with Crippen molar-refractivity contribution in [2.75, 3.05) is 10.6 Å². The Morgan fingerprint density at radius 1 is 0.862 bits per heavy atom. The summed E-state index contributed by atoms with van der Waals surface area (Å²) in [5.74, 6) is -1.67. The number of anilines is 2. The van der Waals surface area contributed by atoms with Crippen LogP contribution in [0, 0.1) is 0 Å². The van der Waals surface area contributed by atoms with E-state index in [1.807, 2.05) is 6.92 Å². The average molecular weight is 396 g/mol. The summed E-state index contributed by atoms with van der Waals surface area (Å²) in [5, 5.41) is 22.3. The average Bonchev–Trinajstić information content (AvgIpc) is 3.37. The van der Waals surface area contributed by atoms with Crippen molar-refractivity contribution in [1.29, 1.82) is 0 Å². The fraction of sp³-hybridized carbons (Fsp3) is 0.211. The molecule has 0 unspecified atom stereocenters. The number of hydrogen-bond donors (Lipinski definition) is 3. The lowest BCUT2D eigenvalue weighted by atomic mass is 10.2. The van der Waals surface area contributed by atoms with Gasteiger partial charge in [0, 0.05) is 30.3 Å². The normalized spacial score (nSPS) is 10.5. The van der Waals surface area contributed by atoms with Crippen LogP contribution in [0.15, 0.2) is 48.8 Å². The zero-order valence-electron chi connectivity index (χ0n) is 15.7. The van der Waals surface area contributed by atoms with Crippen LogP contribution in [0.2, 0.25) is 0 Å². The quantitative estimate of drug-likeness (QED) is 0.534. The Kier molecular flexibility index (Phi) is 6.03. The van der Waals surface area contributed by atoms with E-state index in [1.165, 1.54) is 10.7 Å². The minimum Gasteiger partial charge on any atom is -0.481 e. The molecule has 0 atom stereocenters. The summed E-state index contributed by atoms with van der Waals surface area (Å²) < 4.78 is 3.07. The molecule has 1 aromatic carbocycles. The van der Waals surface area contributed by atoms with Gasteiger partial charge in [0.15, 0.2) is 11.4 Å². The van der Waals surface area contributed by atoms with E-state index in [4.69, 9.17) is 5.11 Å². The van der Waals surface area contributed by atoms with Gasteiger partial charge in [0.1, 0.15) is 0 Å². The van der Waals surface area contributed by atoms with Gasteiger partial charge in [-0.15, -0.1) is 0 Å². The third-order valence-corrected chi connectivity index (χ3v) is 4.03. The van der Waals surface area contributed by atoms with E-state index in [2.05, 4.69) is 20.8 Å². The van der Waals surface area contributed by atoms with E-state index in [0.29, 0.717) is 23.6 Å². The predicted molar refractivity (Wildman–Crippen MR) is 105 cm³/mol. The Labute approximate surface area is 166 Å². The van der Waals surface area contributed by atoms with Crippen LogP contribution in [-0.4, -0.2) is 42.5 Å². The Balaban J connectivity index is 1.56. The highest BCUT2D eigenvalue weighted by atomic mass is 16.4. The van der Waals surface area contributed by atoms with Crippen molar-refractivity contribution in [3.05, 3.63) is 60.2 Å². The molecule has 0 aliphatic heterocycles. The van der Waals surface area contributed by atoms with Gasteiger partial charge in [-0.2, -0.15) is 10.2 Å². The highest BCUT2D eigenvalue weighted by Crippen LogP contribution is 2.15. The maximum atomic E-state index is 12.3. The van der Waals surface area contributed by atoms with Crippen LogP contribution in [0.25, 0.3) is 0 Å². The molecule has 3 N–H and O–H groups in total. The number of nitrogens with one attached hydrogen (secondary N) is 2. The number of aromatic nitrogens is 4. The molecular weight excluding hydrogens is 376 g/mol. The first-order chi connectivity index (χ1) is 13.9.